The molecule has 2 rings (SSSR count). The average Bonchev–Trinajstić information content (AvgIpc) is 3.07. The van der Waals surface area contributed by atoms with Crippen LogP contribution in [-0.4, -0.2) is 11.9 Å². The first-order valence-electron chi connectivity index (χ1n) is 6.20. The molecule has 4 N–H and O–H groups in total. The largest absolute Gasteiger partial charge is 0.463 e. The summed E-state index contributed by atoms with van der Waals surface area (Å²) in [5.74, 6) is 0.689. The van der Waals surface area contributed by atoms with Crippen LogP contribution >= 0.6 is 11.3 Å². The molecule has 0 unspecified atom stereocenters. The SMILES string of the molecule is CC(F)(F)F.N/C=C\C(=N\c1ccc(CN)s1)c1ccco1. The second-order valence-electron chi connectivity index (χ2n) is 4.06. The number of nitrogens with two attached hydrogens (primary N) is 2. The van der Waals surface area contributed by atoms with Crippen LogP contribution in [0.3, 0.4) is 0 Å². The van der Waals surface area contributed by atoms with Crippen molar-refractivity contribution < 1.29 is 17.6 Å². The molecule has 2 heterocycles. The van der Waals surface area contributed by atoms with Crippen LogP contribution in [0.25, 0.3) is 0 Å². The average molecular weight is 331 g/mol. The highest BCUT2D eigenvalue weighted by molar-refractivity contribution is 7.15. The lowest BCUT2D eigenvalue weighted by Crippen LogP contribution is -1.95. The summed E-state index contributed by atoms with van der Waals surface area (Å²) in [6, 6.07) is 7.56. The predicted molar refractivity (Wildman–Crippen MR) is 82.2 cm³/mol. The van der Waals surface area contributed by atoms with Gasteiger partial charge in [0.1, 0.15) is 10.7 Å². The van der Waals surface area contributed by atoms with Gasteiger partial charge in [-0.1, -0.05) is 0 Å². The molecule has 2 aromatic heterocycles. The maximum Gasteiger partial charge on any atom is 0.386 e. The number of thiophene rings is 1. The fraction of sp³-hybridized carbons (Fsp3) is 0.214. The monoisotopic (exact) mass is 331 g/mol. The lowest BCUT2D eigenvalue weighted by Gasteiger charge is -1.95. The smallest absolute Gasteiger partial charge is 0.386 e. The Hall–Kier alpha value is -2.06. The maximum atomic E-state index is 10.4. The first kappa shape index (κ1) is 18.0. The molecule has 4 nitrogen and oxygen atoms in total. The van der Waals surface area contributed by atoms with Crippen LogP contribution < -0.4 is 11.5 Å². The summed E-state index contributed by atoms with van der Waals surface area (Å²) in [5.41, 5.74) is 11.7. The van der Waals surface area contributed by atoms with E-state index in [2.05, 4.69) is 4.99 Å². The third-order valence-electron chi connectivity index (χ3n) is 2.11. The zero-order valence-electron chi connectivity index (χ0n) is 11.8. The Morgan fingerprint density at radius 1 is 1.36 bits per heavy atom. The van der Waals surface area contributed by atoms with Gasteiger partial charge in [-0.2, -0.15) is 13.2 Å². The maximum absolute atomic E-state index is 10.4. The molecule has 0 fully saturated rings. The molecule has 0 radical (unpaired) electrons. The molecule has 2 aromatic rings. The minimum Gasteiger partial charge on any atom is -0.463 e. The van der Waals surface area contributed by atoms with Crippen LogP contribution in [0, 0.1) is 0 Å². The van der Waals surface area contributed by atoms with Gasteiger partial charge in [0.25, 0.3) is 0 Å². The number of alkyl halides is 3. The van der Waals surface area contributed by atoms with Crippen molar-refractivity contribution in [1.29, 1.82) is 0 Å². The summed E-state index contributed by atoms with van der Waals surface area (Å²) in [6.07, 6.45) is 0.758. The number of furan rings is 1. The minimum atomic E-state index is -4.00. The van der Waals surface area contributed by atoms with Gasteiger partial charge in [0, 0.05) is 18.3 Å². The van der Waals surface area contributed by atoms with Gasteiger partial charge >= 0.3 is 6.18 Å². The van der Waals surface area contributed by atoms with E-state index in [0.29, 0.717) is 18.0 Å². The Labute approximate surface area is 130 Å². The van der Waals surface area contributed by atoms with Crippen LogP contribution in [0.4, 0.5) is 18.2 Å². The molecule has 0 spiro atoms. The van der Waals surface area contributed by atoms with Crippen molar-refractivity contribution in [2.45, 2.75) is 19.6 Å². The molecule has 120 valence electrons. The first-order valence-corrected chi connectivity index (χ1v) is 7.01. The molecule has 0 aliphatic rings. The van der Waals surface area contributed by atoms with E-state index in [1.807, 2.05) is 24.3 Å². The van der Waals surface area contributed by atoms with E-state index in [4.69, 9.17) is 15.9 Å². The number of nitrogens with zero attached hydrogens (tertiary/aromatic N) is 1. The van der Waals surface area contributed by atoms with Crippen molar-refractivity contribution in [2.75, 3.05) is 0 Å². The quantitative estimate of drug-likeness (QED) is 0.832. The van der Waals surface area contributed by atoms with Crippen LogP contribution in [-0.2, 0) is 6.54 Å². The zero-order valence-corrected chi connectivity index (χ0v) is 12.6. The van der Waals surface area contributed by atoms with Crippen molar-refractivity contribution in [3.63, 3.8) is 0 Å². The van der Waals surface area contributed by atoms with Gasteiger partial charge in [0.15, 0.2) is 5.76 Å². The van der Waals surface area contributed by atoms with Gasteiger partial charge in [0.05, 0.1) is 6.26 Å². The standard InChI is InChI=1S/C12H13N3OS.C2H3F3/c13-6-5-10(11-2-1-7-16-11)15-12-4-3-9(8-14)17-12;1-2(3,4)5/h1-7H,8,13-14H2;1H3/b6-5-,15-10-;. The van der Waals surface area contributed by atoms with Gasteiger partial charge in [-0.3, -0.25) is 0 Å². The van der Waals surface area contributed by atoms with E-state index in [1.54, 1.807) is 23.7 Å². The molecule has 0 saturated heterocycles. The van der Waals surface area contributed by atoms with Crippen molar-refractivity contribution in [1.82, 2.24) is 0 Å². The third-order valence-corrected chi connectivity index (χ3v) is 3.11. The fourth-order valence-corrected chi connectivity index (χ4v) is 2.11. The van der Waals surface area contributed by atoms with Crippen LogP contribution in [0.1, 0.15) is 17.6 Å². The molecule has 22 heavy (non-hydrogen) atoms. The zero-order chi connectivity index (χ0) is 16.6. The molecule has 0 bridgehead atoms. The Balaban J connectivity index is 0.000000422. The van der Waals surface area contributed by atoms with Crippen molar-refractivity contribution in [3.05, 3.63) is 53.4 Å². The number of halogens is 3. The fourth-order valence-electron chi connectivity index (χ4n) is 1.35. The Kier molecular flexibility index (Phi) is 6.87. The second-order valence-corrected chi connectivity index (χ2v) is 5.21. The Bertz CT molecular complexity index is 610. The molecule has 0 saturated carbocycles. The van der Waals surface area contributed by atoms with Gasteiger partial charge in [-0.25, -0.2) is 4.99 Å². The third kappa shape index (κ3) is 7.09. The van der Waals surface area contributed by atoms with E-state index < -0.39 is 6.18 Å². The van der Waals surface area contributed by atoms with E-state index >= 15 is 0 Å². The van der Waals surface area contributed by atoms with E-state index in [1.165, 1.54) is 6.20 Å². The summed E-state index contributed by atoms with van der Waals surface area (Å²) in [6.45, 7) is 0.718. The van der Waals surface area contributed by atoms with Gasteiger partial charge in [0.2, 0.25) is 0 Å². The second kappa shape index (κ2) is 8.40. The molecule has 0 aliphatic heterocycles. The summed E-state index contributed by atoms with van der Waals surface area (Å²) in [7, 11) is 0. The highest BCUT2D eigenvalue weighted by Crippen LogP contribution is 2.25. The van der Waals surface area contributed by atoms with E-state index in [0.717, 1.165) is 9.88 Å². The number of rotatable bonds is 4. The summed E-state index contributed by atoms with van der Waals surface area (Å²) < 4.78 is 36.4. The number of allylic oxidation sites excluding steroid dienone is 1. The lowest BCUT2D eigenvalue weighted by atomic mass is 10.3. The van der Waals surface area contributed by atoms with Gasteiger partial charge in [-0.05, 0) is 36.5 Å². The van der Waals surface area contributed by atoms with E-state index in [9.17, 15) is 13.2 Å². The van der Waals surface area contributed by atoms with Crippen molar-refractivity contribution >= 4 is 22.0 Å². The lowest BCUT2D eigenvalue weighted by molar-refractivity contribution is -0.110. The predicted octanol–water partition coefficient (Wildman–Crippen LogP) is 3.96. The normalized spacial score (nSPS) is 12.3. The molecular formula is C14H16F3N3OS. The topological polar surface area (TPSA) is 77.5 Å². The number of aliphatic imine (C=N–C) groups is 1. The first-order chi connectivity index (χ1) is 10.3. The highest BCUT2D eigenvalue weighted by atomic mass is 32.1. The van der Waals surface area contributed by atoms with Gasteiger partial charge < -0.3 is 15.9 Å². The van der Waals surface area contributed by atoms with Crippen molar-refractivity contribution in [2.24, 2.45) is 16.5 Å². The molecular weight excluding hydrogens is 315 g/mol. The van der Waals surface area contributed by atoms with Crippen molar-refractivity contribution in [3.8, 4) is 0 Å². The van der Waals surface area contributed by atoms with Crippen LogP contribution in [0.5, 0.6) is 0 Å². The number of hydrogen-bond donors (Lipinski definition) is 2. The Morgan fingerprint density at radius 2 is 2.05 bits per heavy atom. The van der Waals surface area contributed by atoms with E-state index in [-0.39, 0.29) is 6.92 Å². The highest BCUT2D eigenvalue weighted by Gasteiger charge is 2.15. The van der Waals surface area contributed by atoms with Crippen LogP contribution in [0.15, 0.2) is 52.2 Å². The summed E-state index contributed by atoms with van der Waals surface area (Å²) in [5, 5.41) is 0.884. The molecule has 0 atom stereocenters. The molecule has 0 amide bonds. The molecule has 8 heteroatoms. The number of hydrogen-bond acceptors (Lipinski definition) is 5. The molecule has 0 aliphatic carbocycles. The van der Waals surface area contributed by atoms with Crippen LogP contribution in [0.2, 0.25) is 0 Å². The Morgan fingerprint density at radius 3 is 2.50 bits per heavy atom. The molecule has 0 aromatic carbocycles. The minimum absolute atomic E-state index is 0.188. The summed E-state index contributed by atoms with van der Waals surface area (Å²) in [4.78, 5) is 5.58. The summed E-state index contributed by atoms with van der Waals surface area (Å²) >= 11 is 1.56. The van der Waals surface area contributed by atoms with Gasteiger partial charge in [-0.15, -0.1) is 11.3 Å².